The van der Waals surface area contributed by atoms with Crippen LogP contribution in [0.1, 0.15) is 10.4 Å². The van der Waals surface area contributed by atoms with Crippen LogP contribution in [0.4, 0.5) is 5.69 Å². The third-order valence-corrected chi connectivity index (χ3v) is 3.15. The second-order valence-electron chi connectivity index (χ2n) is 3.29. The van der Waals surface area contributed by atoms with Crippen molar-refractivity contribution in [3.63, 3.8) is 0 Å². The molecule has 18 heavy (non-hydrogen) atoms. The number of aromatic nitrogens is 2. The lowest BCUT2D eigenvalue weighted by Gasteiger charge is -2.07. The first-order chi connectivity index (χ1) is 8.58. The highest BCUT2D eigenvalue weighted by molar-refractivity contribution is 9.10. The summed E-state index contributed by atoms with van der Waals surface area (Å²) >= 11 is 15.0. The maximum Gasteiger partial charge on any atom is 0.255 e. The first-order valence-corrected chi connectivity index (χ1v) is 6.35. The standard InChI is InChI=1S/C11H6BrCl2N3O/c12-7-3-1-2-6(4-7)11(18)17-8-9(13)15-5-16-10(8)14/h1-5H,(H,17,18). The molecule has 0 aliphatic carbocycles. The second kappa shape index (κ2) is 5.65. The fourth-order valence-electron chi connectivity index (χ4n) is 1.26. The number of carbonyl (C=O) groups excluding carboxylic acids is 1. The van der Waals surface area contributed by atoms with Crippen LogP contribution in [0.3, 0.4) is 0 Å². The van der Waals surface area contributed by atoms with E-state index in [4.69, 9.17) is 23.2 Å². The lowest BCUT2D eigenvalue weighted by Crippen LogP contribution is -2.13. The average Bonchev–Trinajstić information content (AvgIpc) is 2.34. The molecule has 1 heterocycles. The van der Waals surface area contributed by atoms with Crippen LogP contribution in [0, 0.1) is 0 Å². The molecule has 0 aliphatic rings. The van der Waals surface area contributed by atoms with E-state index in [1.807, 2.05) is 6.07 Å². The predicted octanol–water partition coefficient (Wildman–Crippen LogP) is 3.80. The molecule has 4 nitrogen and oxygen atoms in total. The van der Waals surface area contributed by atoms with Crippen molar-refractivity contribution < 1.29 is 4.79 Å². The lowest BCUT2D eigenvalue weighted by molar-refractivity contribution is 0.102. The molecule has 2 aromatic rings. The van der Waals surface area contributed by atoms with Gasteiger partial charge in [0.05, 0.1) is 0 Å². The van der Waals surface area contributed by atoms with Crippen molar-refractivity contribution in [3.8, 4) is 0 Å². The summed E-state index contributed by atoms with van der Waals surface area (Å²) in [7, 11) is 0. The monoisotopic (exact) mass is 345 g/mol. The lowest BCUT2D eigenvalue weighted by atomic mass is 10.2. The zero-order valence-electron chi connectivity index (χ0n) is 8.82. The van der Waals surface area contributed by atoms with Gasteiger partial charge in [-0.2, -0.15) is 0 Å². The van der Waals surface area contributed by atoms with Crippen LogP contribution in [0.2, 0.25) is 10.3 Å². The van der Waals surface area contributed by atoms with Gasteiger partial charge in [0.1, 0.15) is 12.0 Å². The minimum Gasteiger partial charge on any atom is -0.317 e. The normalized spacial score (nSPS) is 10.2. The molecule has 0 fully saturated rings. The smallest absolute Gasteiger partial charge is 0.255 e. The molecule has 1 N–H and O–H groups in total. The van der Waals surface area contributed by atoms with E-state index >= 15 is 0 Å². The van der Waals surface area contributed by atoms with Crippen molar-refractivity contribution >= 4 is 50.7 Å². The van der Waals surface area contributed by atoms with Gasteiger partial charge in [0.15, 0.2) is 10.3 Å². The number of hydrogen-bond donors (Lipinski definition) is 1. The number of halogens is 3. The molecule has 0 bridgehead atoms. The van der Waals surface area contributed by atoms with Crippen molar-refractivity contribution in [3.05, 3.63) is 50.9 Å². The molecule has 1 aromatic carbocycles. The van der Waals surface area contributed by atoms with E-state index in [0.717, 1.165) is 4.47 Å². The third kappa shape index (κ3) is 2.98. The van der Waals surface area contributed by atoms with Crippen molar-refractivity contribution in [1.29, 1.82) is 0 Å². The van der Waals surface area contributed by atoms with E-state index < -0.39 is 0 Å². The Kier molecular flexibility index (Phi) is 4.16. The molecule has 0 radical (unpaired) electrons. The Bertz CT molecular complexity index is 586. The number of rotatable bonds is 2. The number of benzene rings is 1. The molecule has 92 valence electrons. The van der Waals surface area contributed by atoms with E-state index in [2.05, 4.69) is 31.2 Å². The van der Waals surface area contributed by atoms with Gasteiger partial charge >= 0.3 is 0 Å². The largest absolute Gasteiger partial charge is 0.317 e. The van der Waals surface area contributed by atoms with Gasteiger partial charge in [0, 0.05) is 10.0 Å². The van der Waals surface area contributed by atoms with Crippen LogP contribution >= 0.6 is 39.1 Å². The van der Waals surface area contributed by atoms with Crippen LogP contribution < -0.4 is 5.32 Å². The van der Waals surface area contributed by atoms with Gasteiger partial charge in [-0.1, -0.05) is 45.2 Å². The molecule has 0 saturated heterocycles. The fourth-order valence-corrected chi connectivity index (χ4v) is 2.07. The minimum atomic E-state index is -0.338. The van der Waals surface area contributed by atoms with Crippen LogP contribution in [0.15, 0.2) is 35.1 Å². The highest BCUT2D eigenvalue weighted by Crippen LogP contribution is 2.26. The SMILES string of the molecule is O=C(Nc1c(Cl)ncnc1Cl)c1cccc(Br)c1. The number of carbonyl (C=O) groups is 1. The summed E-state index contributed by atoms with van der Waals surface area (Å²) < 4.78 is 0.802. The van der Waals surface area contributed by atoms with E-state index in [-0.39, 0.29) is 21.9 Å². The molecular weight excluding hydrogens is 341 g/mol. The Labute approximate surface area is 121 Å². The predicted molar refractivity (Wildman–Crippen MR) is 74.1 cm³/mol. The van der Waals surface area contributed by atoms with Gasteiger partial charge in [0.2, 0.25) is 0 Å². The summed E-state index contributed by atoms with van der Waals surface area (Å²) in [5.41, 5.74) is 0.672. The quantitative estimate of drug-likeness (QED) is 0.841. The van der Waals surface area contributed by atoms with Crippen molar-refractivity contribution in [2.75, 3.05) is 5.32 Å². The average molecular weight is 347 g/mol. The zero-order chi connectivity index (χ0) is 13.1. The molecule has 7 heteroatoms. The maximum absolute atomic E-state index is 12.0. The number of hydrogen-bond acceptors (Lipinski definition) is 3. The second-order valence-corrected chi connectivity index (χ2v) is 4.93. The zero-order valence-corrected chi connectivity index (χ0v) is 11.9. The van der Waals surface area contributed by atoms with Crippen LogP contribution in [-0.4, -0.2) is 15.9 Å². The topological polar surface area (TPSA) is 54.9 Å². The maximum atomic E-state index is 12.0. The summed E-state index contributed by atoms with van der Waals surface area (Å²) in [4.78, 5) is 19.5. The molecular formula is C11H6BrCl2N3O. The Morgan fingerprint density at radius 3 is 2.50 bits per heavy atom. The first kappa shape index (κ1) is 13.3. The van der Waals surface area contributed by atoms with Crippen molar-refractivity contribution in [2.45, 2.75) is 0 Å². The van der Waals surface area contributed by atoms with Crippen molar-refractivity contribution in [2.24, 2.45) is 0 Å². The molecule has 1 aromatic heterocycles. The highest BCUT2D eigenvalue weighted by Gasteiger charge is 2.13. The number of nitrogens with zero attached hydrogens (tertiary/aromatic N) is 2. The molecule has 0 spiro atoms. The van der Waals surface area contributed by atoms with Crippen LogP contribution in [-0.2, 0) is 0 Å². The molecule has 0 atom stereocenters. The fraction of sp³-hybridized carbons (Fsp3) is 0. The number of amides is 1. The number of anilines is 1. The van der Waals surface area contributed by atoms with Gasteiger partial charge in [-0.25, -0.2) is 9.97 Å². The number of nitrogens with one attached hydrogen (secondary N) is 1. The summed E-state index contributed by atoms with van der Waals surface area (Å²) in [6, 6.07) is 6.93. The van der Waals surface area contributed by atoms with Gasteiger partial charge in [-0.15, -0.1) is 0 Å². The summed E-state index contributed by atoms with van der Waals surface area (Å²) in [5.74, 6) is -0.338. The Morgan fingerprint density at radius 2 is 1.89 bits per heavy atom. The molecule has 0 unspecified atom stereocenters. The van der Waals surface area contributed by atoms with Crippen molar-refractivity contribution in [1.82, 2.24) is 9.97 Å². The molecule has 1 amide bonds. The van der Waals surface area contributed by atoms with E-state index in [1.54, 1.807) is 18.2 Å². The van der Waals surface area contributed by atoms with Crippen LogP contribution in [0.25, 0.3) is 0 Å². The third-order valence-electron chi connectivity index (χ3n) is 2.08. The highest BCUT2D eigenvalue weighted by atomic mass is 79.9. The summed E-state index contributed by atoms with van der Waals surface area (Å²) in [5, 5.41) is 2.76. The van der Waals surface area contributed by atoms with Gasteiger partial charge < -0.3 is 5.32 Å². The molecule has 0 aliphatic heterocycles. The van der Waals surface area contributed by atoms with E-state index in [9.17, 15) is 4.79 Å². The first-order valence-electron chi connectivity index (χ1n) is 4.81. The van der Waals surface area contributed by atoms with Gasteiger partial charge in [-0.3, -0.25) is 4.79 Å². The molecule has 2 rings (SSSR count). The van der Waals surface area contributed by atoms with Crippen LogP contribution in [0.5, 0.6) is 0 Å². The Hall–Kier alpha value is -1.17. The van der Waals surface area contributed by atoms with Gasteiger partial charge in [-0.05, 0) is 18.2 Å². The Balaban J connectivity index is 2.27. The van der Waals surface area contributed by atoms with Gasteiger partial charge in [0.25, 0.3) is 5.91 Å². The summed E-state index contributed by atoms with van der Waals surface area (Å²) in [6.45, 7) is 0. The molecule has 0 saturated carbocycles. The summed E-state index contributed by atoms with van der Waals surface area (Å²) in [6.07, 6.45) is 1.22. The van der Waals surface area contributed by atoms with E-state index in [0.29, 0.717) is 5.56 Å². The van der Waals surface area contributed by atoms with E-state index in [1.165, 1.54) is 6.33 Å². The minimum absolute atomic E-state index is 0.0957. The Morgan fingerprint density at radius 1 is 1.22 bits per heavy atom.